The van der Waals surface area contributed by atoms with Crippen LogP contribution < -0.4 is 4.90 Å². The molecule has 1 atom stereocenters. The number of aliphatic hydroxyl groups excluding tert-OH is 1. The fourth-order valence-electron chi connectivity index (χ4n) is 3.17. The molecule has 9 heteroatoms. The normalized spacial score (nSPS) is 16.0. The summed E-state index contributed by atoms with van der Waals surface area (Å²) in [6.45, 7) is 6.75. The minimum atomic E-state index is -0.774. The maximum absolute atomic E-state index is 10.7. The van der Waals surface area contributed by atoms with Gasteiger partial charge in [0.05, 0.1) is 23.6 Å². The van der Waals surface area contributed by atoms with E-state index in [1.54, 1.807) is 22.2 Å². The molecule has 1 aliphatic heterocycles. The number of rotatable bonds is 4. The highest BCUT2D eigenvalue weighted by Gasteiger charge is 2.24. The predicted molar refractivity (Wildman–Crippen MR) is 99.2 cm³/mol. The summed E-state index contributed by atoms with van der Waals surface area (Å²) in [5.74, 6) is 0.388. The lowest BCUT2D eigenvalue weighted by Crippen LogP contribution is -2.22. The second-order valence-corrected chi connectivity index (χ2v) is 7.91. The highest BCUT2D eigenvalue weighted by atomic mass is 32.1. The molecule has 4 heterocycles. The molecule has 4 rings (SSSR count). The first-order valence-corrected chi connectivity index (χ1v) is 9.65. The molecule has 0 aromatic carbocycles. The van der Waals surface area contributed by atoms with Crippen molar-refractivity contribution in [2.45, 2.75) is 45.4 Å². The third kappa shape index (κ3) is 3.12. The molecular weight excluding hydrogens is 350 g/mol. The van der Waals surface area contributed by atoms with Gasteiger partial charge in [0.1, 0.15) is 11.1 Å². The number of fused-ring (bicyclic) bond motifs is 1. The van der Waals surface area contributed by atoms with E-state index in [-0.39, 0.29) is 0 Å². The molecule has 0 unspecified atom stereocenters. The lowest BCUT2D eigenvalue weighted by Gasteiger charge is -2.17. The highest BCUT2D eigenvalue weighted by molar-refractivity contribution is 7.15. The topological polar surface area (TPSA) is 84.9 Å². The average Bonchev–Trinajstić information content (AvgIpc) is 3.32. The molecule has 0 saturated carbocycles. The number of nitrogens with zero attached hydrogens (tertiary/aromatic N) is 7. The van der Waals surface area contributed by atoms with Crippen molar-refractivity contribution in [3.8, 4) is 0 Å². The summed E-state index contributed by atoms with van der Waals surface area (Å²) in [6, 6.07) is 3.80. The molecule has 0 bridgehead atoms. The van der Waals surface area contributed by atoms with Gasteiger partial charge in [0, 0.05) is 32.3 Å². The smallest absolute Gasteiger partial charge is 0.208 e. The van der Waals surface area contributed by atoms with Crippen LogP contribution in [0.3, 0.4) is 0 Å². The Morgan fingerprint density at radius 2 is 2.08 bits per heavy atom. The summed E-state index contributed by atoms with van der Waals surface area (Å²) in [5.41, 5.74) is 2.48. The van der Waals surface area contributed by atoms with E-state index < -0.39 is 6.10 Å². The molecule has 0 amide bonds. The van der Waals surface area contributed by atoms with Crippen molar-refractivity contribution in [1.82, 2.24) is 29.8 Å². The molecule has 1 N–H and O–H groups in total. The lowest BCUT2D eigenvalue weighted by atomic mass is 10.2. The number of aliphatic hydroxyl groups is 1. The second kappa shape index (κ2) is 6.81. The van der Waals surface area contributed by atoms with Crippen LogP contribution in [-0.4, -0.2) is 41.4 Å². The van der Waals surface area contributed by atoms with E-state index in [9.17, 15) is 5.11 Å². The van der Waals surface area contributed by atoms with Crippen LogP contribution in [-0.2, 0) is 20.1 Å². The summed E-state index contributed by atoms with van der Waals surface area (Å²) in [4.78, 5) is 2.25. The number of aryl methyl sites for hydroxylation is 2. The first kappa shape index (κ1) is 17.2. The van der Waals surface area contributed by atoms with Crippen LogP contribution in [0.4, 0.5) is 5.13 Å². The average molecular weight is 373 g/mol. The van der Waals surface area contributed by atoms with Crippen molar-refractivity contribution in [1.29, 1.82) is 0 Å². The summed E-state index contributed by atoms with van der Waals surface area (Å²) < 4.78 is 3.68. The monoisotopic (exact) mass is 373 g/mol. The maximum Gasteiger partial charge on any atom is 0.208 e. The van der Waals surface area contributed by atoms with Gasteiger partial charge in [-0.15, -0.1) is 10.2 Å². The molecule has 0 aliphatic carbocycles. The van der Waals surface area contributed by atoms with Crippen LogP contribution in [0, 0.1) is 0 Å². The van der Waals surface area contributed by atoms with E-state index in [4.69, 9.17) is 0 Å². The van der Waals surface area contributed by atoms with Gasteiger partial charge >= 0.3 is 0 Å². The number of anilines is 1. The van der Waals surface area contributed by atoms with Crippen LogP contribution in [0.2, 0.25) is 0 Å². The second-order valence-electron chi connectivity index (χ2n) is 6.92. The molecule has 26 heavy (non-hydrogen) atoms. The van der Waals surface area contributed by atoms with Gasteiger partial charge in [-0.05, 0) is 18.6 Å². The molecule has 0 fully saturated rings. The minimum Gasteiger partial charge on any atom is -0.380 e. The van der Waals surface area contributed by atoms with E-state index >= 15 is 0 Å². The van der Waals surface area contributed by atoms with Crippen molar-refractivity contribution in [3.05, 3.63) is 40.4 Å². The zero-order valence-electron chi connectivity index (χ0n) is 15.2. The number of aromatic nitrogens is 6. The van der Waals surface area contributed by atoms with Gasteiger partial charge < -0.3 is 10.0 Å². The van der Waals surface area contributed by atoms with E-state index in [1.807, 2.05) is 23.9 Å². The van der Waals surface area contributed by atoms with Crippen molar-refractivity contribution < 1.29 is 5.11 Å². The minimum absolute atomic E-state index is 0.388. The molecule has 3 aromatic heterocycles. The van der Waals surface area contributed by atoms with Crippen LogP contribution in [0.1, 0.15) is 54.4 Å². The molecule has 8 nitrogen and oxygen atoms in total. The van der Waals surface area contributed by atoms with Crippen molar-refractivity contribution >= 4 is 16.5 Å². The Balaban J connectivity index is 1.58. The summed E-state index contributed by atoms with van der Waals surface area (Å²) in [5, 5.41) is 30.1. The molecule has 138 valence electrons. The number of hydrogen-bond donors (Lipinski definition) is 1. The Morgan fingerprint density at radius 3 is 2.77 bits per heavy atom. The molecule has 3 aromatic rings. The van der Waals surface area contributed by atoms with Gasteiger partial charge in [0.2, 0.25) is 5.13 Å². The standard InChI is InChI=1S/C17H23N7OS/c1-11(2)16-19-20-17(26-16)23-7-4-8-24-12(10-23)9-13(21-24)15(25)14-5-6-18-22(14)3/h5-6,9,11,15,25H,4,7-8,10H2,1-3H3/t15-/m1/s1. The van der Waals surface area contributed by atoms with Gasteiger partial charge in [0.25, 0.3) is 0 Å². The van der Waals surface area contributed by atoms with Gasteiger partial charge in [-0.25, -0.2) is 0 Å². The van der Waals surface area contributed by atoms with Crippen LogP contribution in [0.5, 0.6) is 0 Å². The van der Waals surface area contributed by atoms with E-state index in [2.05, 4.69) is 39.1 Å². The molecule has 1 aliphatic rings. The van der Waals surface area contributed by atoms with Crippen LogP contribution in [0.15, 0.2) is 18.3 Å². The van der Waals surface area contributed by atoms with Crippen molar-refractivity contribution in [2.75, 3.05) is 11.4 Å². The molecular formula is C17H23N7OS. The number of hydrogen-bond acceptors (Lipinski definition) is 7. The maximum atomic E-state index is 10.7. The lowest BCUT2D eigenvalue weighted by molar-refractivity contribution is 0.203. The van der Waals surface area contributed by atoms with Gasteiger partial charge in [-0.2, -0.15) is 10.2 Å². The molecule has 0 radical (unpaired) electrons. The third-order valence-corrected chi connectivity index (χ3v) is 5.93. The van der Waals surface area contributed by atoms with Crippen molar-refractivity contribution in [3.63, 3.8) is 0 Å². The van der Waals surface area contributed by atoms with Gasteiger partial charge in [-0.3, -0.25) is 9.36 Å². The summed E-state index contributed by atoms with van der Waals surface area (Å²) >= 11 is 1.66. The highest BCUT2D eigenvalue weighted by Crippen LogP contribution is 2.29. The zero-order chi connectivity index (χ0) is 18.3. The Labute approximate surface area is 156 Å². The Hall–Kier alpha value is -2.26. The summed E-state index contributed by atoms with van der Waals surface area (Å²) in [7, 11) is 1.82. The Morgan fingerprint density at radius 1 is 1.23 bits per heavy atom. The SMILES string of the molecule is CC(C)c1nnc(N2CCCn3nc([C@@H](O)c4ccnn4C)cc3C2)s1. The fraction of sp³-hybridized carbons (Fsp3) is 0.529. The van der Waals surface area contributed by atoms with E-state index in [1.165, 1.54) is 0 Å². The first-order valence-electron chi connectivity index (χ1n) is 8.84. The zero-order valence-corrected chi connectivity index (χ0v) is 16.0. The van der Waals surface area contributed by atoms with Crippen molar-refractivity contribution in [2.24, 2.45) is 7.05 Å². The Bertz CT molecular complexity index is 897. The Kier molecular flexibility index (Phi) is 4.49. The van der Waals surface area contributed by atoms with E-state index in [0.29, 0.717) is 11.6 Å². The summed E-state index contributed by atoms with van der Waals surface area (Å²) in [6.07, 6.45) is 1.89. The largest absolute Gasteiger partial charge is 0.380 e. The van der Waals surface area contributed by atoms with Crippen LogP contribution in [0.25, 0.3) is 0 Å². The van der Waals surface area contributed by atoms with Gasteiger partial charge in [-0.1, -0.05) is 25.2 Å². The first-order chi connectivity index (χ1) is 12.5. The molecule has 0 spiro atoms. The van der Waals surface area contributed by atoms with Gasteiger partial charge in [0.15, 0.2) is 0 Å². The molecule has 0 saturated heterocycles. The third-order valence-electron chi connectivity index (χ3n) is 4.65. The predicted octanol–water partition coefficient (Wildman–Crippen LogP) is 2.08. The van der Waals surface area contributed by atoms with E-state index in [0.717, 1.165) is 47.6 Å². The quantitative estimate of drug-likeness (QED) is 0.754. The van der Waals surface area contributed by atoms with Crippen LogP contribution >= 0.6 is 11.3 Å². The fourth-order valence-corrected chi connectivity index (χ4v) is 4.04.